The molecule has 1 heterocycles. The summed E-state index contributed by atoms with van der Waals surface area (Å²) < 4.78 is 5.76. The fourth-order valence-corrected chi connectivity index (χ4v) is 2.83. The van der Waals surface area contributed by atoms with Gasteiger partial charge in [0.15, 0.2) is 0 Å². The smallest absolute Gasteiger partial charge is 0.143 e. The van der Waals surface area contributed by atoms with Crippen molar-refractivity contribution in [1.29, 1.82) is 0 Å². The van der Waals surface area contributed by atoms with Crippen molar-refractivity contribution in [1.82, 2.24) is 0 Å². The molecule has 2 aliphatic rings. The maximum Gasteiger partial charge on any atom is 0.143 e. The van der Waals surface area contributed by atoms with E-state index < -0.39 is 0 Å². The van der Waals surface area contributed by atoms with Gasteiger partial charge in [0.25, 0.3) is 0 Å². The topological polar surface area (TPSA) is 12.5 Å². The minimum Gasteiger partial charge on any atom is -0.359 e. The molecule has 1 aliphatic heterocycles. The Hall–Kier alpha value is -1.60. The standard InChI is InChI=1S/C15H12O/c1-10-6-7-12-11-4-2-3-5-13(11)15(9-16-15)14(12)8-10/h2-8H,9H2,1H3. The van der Waals surface area contributed by atoms with Crippen LogP contribution in [0.4, 0.5) is 0 Å². The van der Waals surface area contributed by atoms with Crippen LogP contribution in [0.15, 0.2) is 42.5 Å². The molecule has 1 aliphatic carbocycles. The molecule has 1 unspecified atom stereocenters. The summed E-state index contributed by atoms with van der Waals surface area (Å²) in [5.74, 6) is 0. The van der Waals surface area contributed by atoms with Crippen molar-refractivity contribution in [2.24, 2.45) is 0 Å². The number of epoxide rings is 1. The SMILES string of the molecule is Cc1ccc2c(c1)C1(CO1)c1ccccc1-2. The van der Waals surface area contributed by atoms with E-state index in [0.717, 1.165) is 6.61 Å². The molecule has 1 spiro atoms. The molecule has 1 fully saturated rings. The summed E-state index contributed by atoms with van der Waals surface area (Å²) in [4.78, 5) is 0. The van der Waals surface area contributed by atoms with Crippen molar-refractivity contribution in [2.75, 3.05) is 6.61 Å². The molecule has 2 aromatic carbocycles. The quantitative estimate of drug-likeness (QED) is 0.605. The first kappa shape index (κ1) is 8.54. The van der Waals surface area contributed by atoms with E-state index in [0.29, 0.717) is 0 Å². The first-order valence-corrected chi connectivity index (χ1v) is 5.66. The van der Waals surface area contributed by atoms with E-state index in [1.54, 1.807) is 0 Å². The third kappa shape index (κ3) is 0.856. The van der Waals surface area contributed by atoms with Crippen molar-refractivity contribution in [3.05, 3.63) is 59.2 Å². The van der Waals surface area contributed by atoms with Gasteiger partial charge in [-0.1, -0.05) is 48.0 Å². The number of fused-ring (bicyclic) bond motifs is 5. The number of benzene rings is 2. The molecular weight excluding hydrogens is 196 g/mol. The minimum absolute atomic E-state index is 0.0993. The molecule has 0 amide bonds. The van der Waals surface area contributed by atoms with Gasteiger partial charge in [-0.3, -0.25) is 0 Å². The largest absolute Gasteiger partial charge is 0.359 e. The Bertz CT molecular complexity index is 594. The van der Waals surface area contributed by atoms with E-state index in [-0.39, 0.29) is 5.60 Å². The molecule has 2 aromatic rings. The Labute approximate surface area is 94.7 Å². The normalized spacial score (nSPS) is 24.3. The zero-order chi connectivity index (χ0) is 10.8. The highest BCUT2D eigenvalue weighted by molar-refractivity contribution is 5.81. The van der Waals surface area contributed by atoms with Crippen molar-refractivity contribution >= 4 is 0 Å². The molecular formula is C15H12O. The summed E-state index contributed by atoms with van der Waals surface area (Å²) in [6.07, 6.45) is 0. The molecule has 0 N–H and O–H groups in total. The fourth-order valence-electron chi connectivity index (χ4n) is 2.83. The Morgan fingerprint density at radius 1 is 1.00 bits per heavy atom. The number of rotatable bonds is 0. The number of hydrogen-bond donors (Lipinski definition) is 0. The van der Waals surface area contributed by atoms with E-state index in [4.69, 9.17) is 4.74 Å². The summed E-state index contributed by atoms with van der Waals surface area (Å²) in [5, 5.41) is 0. The van der Waals surface area contributed by atoms with Crippen LogP contribution in [-0.4, -0.2) is 6.61 Å². The van der Waals surface area contributed by atoms with Crippen LogP contribution in [0.25, 0.3) is 11.1 Å². The lowest BCUT2D eigenvalue weighted by molar-refractivity contribution is 0.354. The molecule has 16 heavy (non-hydrogen) atoms. The summed E-state index contributed by atoms with van der Waals surface area (Å²) >= 11 is 0. The lowest BCUT2D eigenvalue weighted by atomic mass is 9.97. The van der Waals surface area contributed by atoms with Crippen LogP contribution < -0.4 is 0 Å². The van der Waals surface area contributed by atoms with Crippen molar-refractivity contribution in [2.45, 2.75) is 12.5 Å². The van der Waals surface area contributed by atoms with Crippen LogP contribution in [-0.2, 0) is 10.3 Å². The summed E-state index contributed by atoms with van der Waals surface area (Å²) in [5.41, 5.74) is 6.59. The average molecular weight is 208 g/mol. The third-order valence-electron chi connectivity index (χ3n) is 3.70. The van der Waals surface area contributed by atoms with Crippen LogP contribution in [0.1, 0.15) is 16.7 Å². The van der Waals surface area contributed by atoms with E-state index in [2.05, 4.69) is 49.4 Å². The highest BCUT2D eigenvalue weighted by Gasteiger charge is 2.54. The first-order chi connectivity index (χ1) is 7.81. The van der Waals surface area contributed by atoms with Crippen LogP contribution in [0.2, 0.25) is 0 Å². The van der Waals surface area contributed by atoms with E-state index in [9.17, 15) is 0 Å². The molecule has 1 saturated heterocycles. The summed E-state index contributed by atoms with van der Waals surface area (Å²) in [6, 6.07) is 15.3. The predicted molar refractivity (Wildman–Crippen MR) is 63.3 cm³/mol. The first-order valence-electron chi connectivity index (χ1n) is 5.66. The van der Waals surface area contributed by atoms with E-state index in [1.165, 1.54) is 27.8 Å². The van der Waals surface area contributed by atoms with Crippen LogP contribution in [0, 0.1) is 6.92 Å². The molecule has 0 aromatic heterocycles. The highest BCUT2D eigenvalue weighted by Crippen LogP contribution is 2.56. The zero-order valence-corrected chi connectivity index (χ0v) is 9.16. The number of hydrogen-bond acceptors (Lipinski definition) is 1. The lowest BCUT2D eigenvalue weighted by Gasteiger charge is -2.06. The minimum atomic E-state index is -0.0993. The predicted octanol–water partition coefficient (Wildman–Crippen LogP) is 3.25. The zero-order valence-electron chi connectivity index (χ0n) is 9.16. The van der Waals surface area contributed by atoms with Gasteiger partial charge in [-0.25, -0.2) is 0 Å². The second-order valence-corrected chi connectivity index (χ2v) is 4.71. The van der Waals surface area contributed by atoms with Crippen molar-refractivity contribution < 1.29 is 4.74 Å². The lowest BCUT2D eigenvalue weighted by Crippen LogP contribution is -2.05. The van der Waals surface area contributed by atoms with Crippen molar-refractivity contribution in [3.63, 3.8) is 0 Å². The fraction of sp³-hybridized carbons (Fsp3) is 0.200. The van der Waals surface area contributed by atoms with E-state index in [1.807, 2.05) is 0 Å². The van der Waals surface area contributed by atoms with Gasteiger partial charge in [-0.05, 0) is 29.2 Å². The second kappa shape index (κ2) is 2.55. The van der Waals surface area contributed by atoms with Gasteiger partial charge in [-0.2, -0.15) is 0 Å². The average Bonchev–Trinajstić information content (AvgIpc) is 3.05. The maximum atomic E-state index is 5.76. The third-order valence-corrected chi connectivity index (χ3v) is 3.70. The van der Waals surface area contributed by atoms with Crippen LogP contribution in [0.3, 0.4) is 0 Å². The molecule has 0 saturated carbocycles. The molecule has 1 atom stereocenters. The Morgan fingerprint density at radius 2 is 1.75 bits per heavy atom. The summed E-state index contributed by atoms with van der Waals surface area (Å²) in [6.45, 7) is 2.97. The Balaban J connectivity index is 2.11. The monoisotopic (exact) mass is 208 g/mol. The molecule has 1 nitrogen and oxygen atoms in total. The molecule has 1 heteroatoms. The van der Waals surface area contributed by atoms with Gasteiger partial charge in [0.1, 0.15) is 5.60 Å². The van der Waals surface area contributed by atoms with Crippen LogP contribution in [0.5, 0.6) is 0 Å². The maximum absolute atomic E-state index is 5.76. The van der Waals surface area contributed by atoms with Crippen molar-refractivity contribution in [3.8, 4) is 11.1 Å². The number of aryl methyl sites for hydroxylation is 1. The highest BCUT2D eigenvalue weighted by atomic mass is 16.6. The van der Waals surface area contributed by atoms with Gasteiger partial charge < -0.3 is 4.74 Å². The van der Waals surface area contributed by atoms with Gasteiger partial charge >= 0.3 is 0 Å². The van der Waals surface area contributed by atoms with Gasteiger partial charge in [-0.15, -0.1) is 0 Å². The Kier molecular flexibility index (Phi) is 1.36. The number of ether oxygens (including phenoxy) is 1. The van der Waals surface area contributed by atoms with Gasteiger partial charge in [0.05, 0.1) is 6.61 Å². The summed E-state index contributed by atoms with van der Waals surface area (Å²) in [7, 11) is 0. The van der Waals surface area contributed by atoms with Crippen LogP contribution >= 0.6 is 0 Å². The molecule has 0 bridgehead atoms. The molecule has 0 radical (unpaired) electrons. The van der Waals surface area contributed by atoms with Gasteiger partial charge in [0.2, 0.25) is 0 Å². The van der Waals surface area contributed by atoms with E-state index >= 15 is 0 Å². The second-order valence-electron chi connectivity index (χ2n) is 4.71. The van der Waals surface area contributed by atoms with Gasteiger partial charge in [0, 0.05) is 0 Å². The molecule has 78 valence electrons. The Morgan fingerprint density at radius 3 is 2.56 bits per heavy atom. The molecule has 4 rings (SSSR count).